The first-order valence-corrected chi connectivity index (χ1v) is 24.5. The summed E-state index contributed by atoms with van der Waals surface area (Å²) in [5.74, 6) is -2.32. The minimum absolute atomic E-state index is 0. The van der Waals surface area contributed by atoms with E-state index in [-0.39, 0.29) is 97.9 Å². The summed E-state index contributed by atoms with van der Waals surface area (Å²) in [7, 11) is -9.43. The Hall–Kier alpha value is -4.80. The van der Waals surface area contributed by atoms with Crippen molar-refractivity contribution in [3.05, 3.63) is 94.7 Å². The van der Waals surface area contributed by atoms with Crippen molar-refractivity contribution in [2.75, 3.05) is 30.3 Å². The normalized spacial score (nSPS) is 18.3. The van der Waals surface area contributed by atoms with Gasteiger partial charge >= 0.3 is 35.5 Å². The summed E-state index contributed by atoms with van der Waals surface area (Å²) in [6.07, 6.45) is 9.21. The van der Waals surface area contributed by atoms with Gasteiger partial charge in [-0.25, -0.2) is 26.2 Å². The zero-order valence-corrected chi connectivity index (χ0v) is 42.4. The number of hydrogen-bond donors (Lipinski definition) is 1. The molecule has 1 aromatic carbocycles. The smallest absolute Gasteiger partial charge is 0.748 e. The zero-order chi connectivity index (χ0) is 48.8. The topological polar surface area (TPSA) is 255 Å². The van der Waals surface area contributed by atoms with Crippen LogP contribution in [0, 0.1) is 0 Å². The maximum Gasteiger partial charge on any atom is 1.00 e. The second kappa shape index (κ2) is 22.5. The minimum Gasteiger partial charge on any atom is -0.748 e. The van der Waals surface area contributed by atoms with E-state index in [9.17, 15) is 49.9 Å². The van der Waals surface area contributed by atoms with Gasteiger partial charge in [0.1, 0.15) is 34.7 Å². The molecule has 18 nitrogen and oxygen atoms in total. The van der Waals surface area contributed by atoms with Gasteiger partial charge in [0.25, 0.3) is 23.6 Å². The van der Waals surface area contributed by atoms with Crippen molar-refractivity contribution in [2.45, 2.75) is 109 Å². The molecule has 0 aromatic heterocycles. The van der Waals surface area contributed by atoms with Gasteiger partial charge in [0.15, 0.2) is 0 Å². The number of amides is 4. The molecular formula is C46H55N4NaO14S2. The fourth-order valence-electron chi connectivity index (χ4n) is 8.09. The van der Waals surface area contributed by atoms with E-state index in [0.29, 0.717) is 27.8 Å². The molecule has 1 N–H and O–H groups in total. The number of rotatable bonds is 15. The first-order chi connectivity index (χ1) is 30.9. The quantitative estimate of drug-likeness (QED) is 0.0570. The summed E-state index contributed by atoms with van der Waals surface area (Å²) < 4.78 is 79.8. The molecule has 0 saturated carbocycles. The van der Waals surface area contributed by atoms with E-state index in [2.05, 4.69) is 57.4 Å². The molecule has 21 heteroatoms. The van der Waals surface area contributed by atoms with Crippen LogP contribution in [0.1, 0.15) is 110 Å². The molecule has 356 valence electrons. The Kier molecular flexibility index (Phi) is 18.4. The number of carbonyl (C=O) groups is 5. The van der Waals surface area contributed by atoms with Crippen molar-refractivity contribution in [2.24, 2.45) is 0 Å². The summed E-state index contributed by atoms with van der Waals surface area (Å²) in [5, 5.41) is 10.1. The molecule has 4 amide bonds. The van der Waals surface area contributed by atoms with Crippen molar-refractivity contribution in [1.82, 2.24) is 14.7 Å². The summed E-state index contributed by atoms with van der Waals surface area (Å²) in [4.78, 5) is 63.5. The maximum absolute atomic E-state index is 12.7. The predicted octanol–water partition coefficient (Wildman–Crippen LogP) is 1.87. The Bertz CT molecular complexity index is 2720. The van der Waals surface area contributed by atoms with Crippen LogP contribution in [-0.4, -0.2) is 96.3 Å². The molecule has 1 aliphatic carbocycles. The van der Waals surface area contributed by atoms with Crippen LogP contribution >= 0.6 is 0 Å². The van der Waals surface area contributed by atoms with Gasteiger partial charge in [0.2, 0.25) is 5.36 Å². The molecule has 2 fully saturated rings. The van der Waals surface area contributed by atoms with E-state index in [1.807, 2.05) is 12.1 Å². The Morgan fingerprint density at radius 2 is 1.51 bits per heavy atom. The summed E-state index contributed by atoms with van der Waals surface area (Å²) >= 11 is 0. The Morgan fingerprint density at radius 3 is 2.06 bits per heavy atom. The number of anilines is 1. The summed E-state index contributed by atoms with van der Waals surface area (Å²) in [5.41, 5.74) is 2.43. The van der Waals surface area contributed by atoms with Gasteiger partial charge in [-0.1, -0.05) is 39.0 Å². The van der Waals surface area contributed by atoms with Crippen LogP contribution in [0.25, 0.3) is 17.4 Å². The number of hydrogen-bond acceptors (Lipinski definition) is 15. The second-order valence-electron chi connectivity index (χ2n) is 17.2. The molecule has 4 heterocycles. The summed E-state index contributed by atoms with van der Waals surface area (Å²) in [6.45, 7) is 14.2. The number of imide groups is 2. The standard InChI is InChI=1S/C42H51N3O11S2.C4H5NO3.Na/c1-7-43(8-2)29-17-19-32-33(41(3,4)5)27-30(55-36(32)26-29)14-10-9-11-15-37-42(6,23-12-16-40(48)56-45-38(46)21-22-39(45)47)34-28-31(58(52,53)54)18-20-35(34)44(37)24-13-25-57(49,50)51;6-3-1-2-4(7)5(3)8;/h9-11,14-15,17-20,26-28H,7-8,12-13,16,21-25H2,1-6H3,(H-,49,50,51,52,53,54);8H,1-2H2;/q;;+1/p-1. The molecule has 67 heavy (non-hydrogen) atoms. The monoisotopic (exact) mass is 974 g/mol. The number of hydroxylamine groups is 4. The summed E-state index contributed by atoms with van der Waals surface area (Å²) in [6, 6.07) is 12.2. The molecule has 1 unspecified atom stereocenters. The molecule has 6 rings (SSSR count). The van der Waals surface area contributed by atoms with Gasteiger partial charge in [-0.3, -0.25) is 24.4 Å². The van der Waals surface area contributed by atoms with Crippen molar-refractivity contribution < 1.29 is 93.9 Å². The second-order valence-corrected chi connectivity index (χ2v) is 20.1. The molecule has 1 aromatic rings. The molecule has 2 saturated heterocycles. The van der Waals surface area contributed by atoms with Gasteiger partial charge in [-0.05, 0) is 99.1 Å². The first kappa shape index (κ1) is 54.8. The largest absolute Gasteiger partial charge is 1.00 e. The molecule has 0 bridgehead atoms. The number of nitrogens with zero attached hydrogens (tertiary/aromatic N) is 4. The van der Waals surface area contributed by atoms with Crippen LogP contribution in [0.15, 0.2) is 81.8 Å². The molecule has 0 radical (unpaired) electrons. The average Bonchev–Trinajstić information content (AvgIpc) is 3.80. The Labute approximate surface area is 412 Å². The van der Waals surface area contributed by atoms with E-state index in [1.54, 1.807) is 36.1 Å². The van der Waals surface area contributed by atoms with E-state index < -0.39 is 65.9 Å². The third kappa shape index (κ3) is 13.7. The van der Waals surface area contributed by atoms with Crippen LogP contribution in [0.4, 0.5) is 5.69 Å². The molecular weight excluding hydrogens is 920 g/mol. The maximum atomic E-state index is 12.7. The van der Waals surface area contributed by atoms with Gasteiger partial charge in [-0.2, -0.15) is 5.06 Å². The number of fused-ring (bicyclic) bond motifs is 2. The minimum atomic E-state index is -4.88. The van der Waals surface area contributed by atoms with Crippen LogP contribution in [0.5, 0.6) is 0 Å². The number of carbonyl (C=O) groups excluding carboxylic acids is 5. The van der Waals surface area contributed by atoms with E-state index in [4.69, 9.17) is 14.5 Å². The predicted molar refractivity (Wildman–Crippen MR) is 239 cm³/mol. The van der Waals surface area contributed by atoms with Crippen LogP contribution in [-0.2, 0) is 59.9 Å². The van der Waals surface area contributed by atoms with Gasteiger partial charge in [0.05, 0.1) is 21.1 Å². The van der Waals surface area contributed by atoms with Crippen molar-refractivity contribution in [1.29, 1.82) is 0 Å². The van der Waals surface area contributed by atoms with E-state index in [0.717, 1.165) is 35.3 Å². The zero-order valence-electron chi connectivity index (χ0n) is 38.8. The van der Waals surface area contributed by atoms with Gasteiger partial charge in [0, 0.05) is 72.8 Å². The van der Waals surface area contributed by atoms with Crippen molar-refractivity contribution in [3.63, 3.8) is 0 Å². The average molecular weight is 975 g/mol. The molecule has 0 spiro atoms. The number of allylic oxidation sites excluding steroid dienone is 5. The fourth-order valence-corrected chi connectivity index (χ4v) is 9.07. The molecule has 4 aliphatic heterocycles. The van der Waals surface area contributed by atoms with E-state index in [1.165, 1.54) is 18.2 Å². The van der Waals surface area contributed by atoms with Crippen LogP contribution < -0.4 is 44.4 Å². The Morgan fingerprint density at radius 1 is 0.881 bits per heavy atom. The van der Waals surface area contributed by atoms with Crippen molar-refractivity contribution >= 4 is 61.6 Å². The molecule has 5 aliphatic rings. The fraction of sp³-hybridized carbons (Fsp3) is 0.435. The van der Waals surface area contributed by atoms with Gasteiger partial charge < -0.3 is 23.3 Å². The third-order valence-electron chi connectivity index (χ3n) is 11.5. The van der Waals surface area contributed by atoms with Crippen LogP contribution in [0.3, 0.4) is 0 Å². The van der Waals surface area contributed by atoms with Crippen LogP contribution in [0.2, 0.25) is 0 Å². The molecule has 1 atom stereocenters. The third-order valence-corrected chi connectivity index (χ3v) is 13.1. The Balaban J connectivity index is 0.000000983. The number of benzene rings is 2. The van der Waals surface area contributed by atoms with E-state index >= 15 is 0 Å². The first-order valence-electron chi connectivity index (χ1n) is 21.5. The van der Waals surface area contributed by atoms with Crippen molar-refractivity contribution in [3.8, 4) is 11.3 Å². The van der Waals surface area contributed by atoms with Gasteiger partial charge in [-0.15, -0.1) is 5.06 Å². The SMILES string of the molecule is CC[N+](CC)=c1ccc2c(C(C)(C)C)cc(/C=C/C=C/C=C3\N(CCCS(=O)(=O)[O-])c4ccc(S(=O)(=O)[O-])cc4C3(C)CCCC(=O)ON3C(=O)CCC3=O)oc-2c1.O=C1CCC(=O)N1O.[Na+].